The van der Waals surface area contributed by atoms with E-state index in [0.717, 1.165) is 0 Å². The number of aliphatic hydroxyl groups is 1. The molecule has 3 nitrogen and oxygen atoms in total. The van der Waals surface area contributed by atoms with Gasteiger partial charge in [0, 0.05) is 5.33 Å². The molecule has 48 valence electrons. The molecule has 0 aliphatic carbocycles. The summed E-state index contributed by atoms with van der Waals surface area (Å²) in [7, 11) is 0. The van der Waals surface area contributed by atoms with Gasteiger partial charge < -0.3 is 10.8 Å². The van der Waals surface area contributed by atoms with Crippen molar-refractivity contribution in [3.63, 3.8) is 0 Å². The van der Waals surface area contributed by atoms with Gasteiger partial charge in [-0.15, -0.1) is 0 Å². The standard InChI is InChI=1S/C4H8BrNO2/c5-2-3(7)1-4(6)8/h3,7H,1-2H2,(H2,6,8)/t3-/m1/s1. The summed E-state index contributed by atoms with van der Waals surface area (Å²) in [6.45, 7) is 0. The number of alkyl halides is 1. The number of primary amides is 1. The zero-order valence-corrected chi connectivity index (χ0v) is 5.89. The Bertz CT molecular complexity index is 86.1. The summed E-state index contributed by atoms with van der Waals surface area (Å²) >= 11 is 2.99. The van der Waals surface area contributed by atoms with Gasteiger partial charge >= 0.3 is 0 Å². The van der Waals surface area contributed by atoms with E-state index in [1.165, 1.54) is 0 Å². The van der Waals surface area contributed by atoms with Crippen molar-refractivity contribution < 1.29 is 9.90 Å². The summed E-state index contributed by atoms with van der Waals surface area (Å²) in [4.78, 5) is 10.0. The molecule has 0 aliphatic rings. The highest BCUT2D eigenvalue weighted by Crippen LogP contribution is 1.93. The lowest BCUT2D eigenvalue weighted by Crippen LogP contribution is -2.20. The Morgan fingerprint density at radius 1 is 1.88 bits per heavy atom. The van der Waals surface area contributed by atoms with Crippen molar-refractivity contribution in [1.29, 1.82) is 0 Å². The van der Waals surface area contributed by atoms with E-state index in [1.54, 1.807) is 0 Å². The number of nitrogens with two attached hydrogens (primary N) is 1. The summed E-state index contributed by atoms with van der Waals surface area (Å²) in [6, 6.07) is 0. The number of carbonyl (C=O) groups excluding carboxylic acids is 1. The molecule has 0 saturated carbocycles. The van der Waals surface area contributed by atoms with Crippen molar-refractivity contribution in [2.75, 3.05) is 5.33 Å². The van der Waals surface area contributed by atoms with Crippen molar-refractivity contribution in [2.24, 2.45) is 5.73 Å². The lowest BCUT2D eigenvalue weighted by Gasteiger charge is -1.99. The highest BCUT2D eigenvalue weighted by Gasteiger charge is 2.03. The molecule has 0 fully saturated rings. The first kappa shape index (κ1) is 7.91. The van der Waals surface area contributed by atoms with Gasteiger partial charge in [0.05, 0.1) is 12.5 Å². The van der Waals surface area contributed by atoms with Crippen LogP contribution in [0.25, 0.3) is 0 Å². The second-order valence-electron chi connectivity index (χ2n) is 1.48. The summed E-state index contributed by atoms with van der Waals surface area (Å²) in [5.74, 6) is -0.475. The minimum Gasteiger partial charge on any atom is -0.392 e. The Balaban J connectivity index is 3.24. The van der Waals surface area contributed by atoms with Crippen LogP contribution in [0.4, 0.5) is 0 Å². The lowest BCUT2D eigenvalue weighted by atomic mass is 10.3. The molecule has 4 heteroatoms. The third kappa shape index (κ3) is 4.08. The first-order valence-electron chi connectivity index (χ1n) is 2.19. The Morgan fingerprint density at radius 2 is 2.38 bits per heavy atom. The molecule has 0 radical (unpaired) electrons. The fraction of sp³-hybridized carbons (Fsp3) is 0.750. The topological polar surface area (TPSA) is 63.3 Å². The van der Waals surface area contributed by atoms with Crippen LogP contribution in [0.3, 0.4) is 0 Å². The third-order valence-corrected chi connectivity index (χ3v) is 1.36. The molecule has 0 aromatic carbocycles. The average Bonchev–Trinajstić information content (AvgIpc) is 1.65. The van der Waals surface area contributed by atoms with Gasteiger partial charge in [-0.05, 0) is 0 Å². The zero-order chi connectivity index (χ0) is 6.57. The highest BCUT2D eigenvalue weighted by atomic mass is 79.9. The summed E-state index contributed by atoms with van der Waals surface area (Å²) in [5.41, 5.74) is 4.75. The lowest BCUT2D eigenvalue weighted by molar-refractivity contribution is -0.119. The van der Waals surface area contributed by atoms with Gasteiger partial charge in [-0.3, -0.25) is 4.79 Å². The molecule has 1 atom stereocenters. The van der Waals surface area contributed by atoms with Crippen LogP contribution in [0, 0.1) is 0 Å². The first-order valence-corrected chi connectivity index (χ1v) is 3.31. The van der Waals surface area contributed by atoms with Crippen molar-refractivity contribution in [2.45, 2.75) is 12.5 Å². The SMILES string of the molecule is NC(=O)C[C@@H](O)CBr. The largest absolute Gasteiger partial charge is 0.392 e. The van der Waals surface area contributed by atoms with Crippen LogP contribution in [0.15, 0.2) is 0 Å². The van der Waals surface area contributed by atoms with Crippen LogP contribution >= 0.6 is 15.9 Å². The van der Waals surface area contributed by atoms with Gasteiger partial charge in [0.2, 0.25) is 5.91 Å². The van der Waals surface area contributed by atoms with Crippen LogP contribution in [-0.4, -0.2) is 22.4 Å². The number of hydrogen-bond donors (Lipinski definition) is 2. The van der Waals surface area contributed by atoms with Gasteiger partial charge in [0.25, 0.3) is 0 Å². The Morgan fingerprint density at radius 3 is 2.50 bits per heavy atom. The fourth-order valence-electron chi connectivity index (χ4n) is 0.287. The number of hydrogen-bond acceptors (Lipinski definition) is 2. The van der Waals surface area contributed by atoms with E-state index in [1.807, 2.05) is 0 Å². The van der Waals surface area contributed by atoms with Crippen molar-refractivity contribution in [3.8, 4) is 0 Å². The Hall–Kier alpha value is -0.0900. The Kier molecular flexibility index (Phi) is 3.81. The number of rotatable bonds is 3. The van der Waals surface area contributed by atoms with Gasteiger partial charge in [-0.2, -0.15) is 0 Å². The quantitative estimate of drug-likeness (QED) is 0.584. The molecule has 1 amide bonds. The van der Waals surface area contributed by atoms with Gasteiger partial charge in [-0.1, -0.05) is 15.9 Å². The second kappa shape index (κ2) is 3.86. The maximum atomic E-state index is 10.0. The van der Waals surface area contributed by atoms with E-state index >= 15 is 0 Å². The molecular weight excluding hydrogens is 174 g/mol. The van der Waals surface area contributed by atoms with E-state index in [9.17, 15) is 4.79 Å². The molecule has 0 spiro atoms. The highest BCUT2D eigenvalue weighted by molar-refractivity contribution is 9.09. The second-order valence-corrected chi connectivity index (χ2v) is 2.13. The van der Waals surface area contributed by atoms with Crippen LogP contribution in [0.2, 0.25) is 0 Å². The zero-order valence-electron chi connectivity index (χ0n) is 4.30. The first-order chi connectivity index (χ1) is 3.66. The molecule has 0 unspecified atom stereocenters. The van der Waals surface area contributed by atoms with Crippen LogP contribution in [0.5, 0.6) is 0 Å². The average molecular weight is 182 g/mol. The predicted octanol–water partition coefficient (Wildman–Crippen LogP) is -0.382. The maximum Gasteiger partial charge on any atom is 0.220 e. The van der Waals surface area contributed by atoms with Crippen LogP contribution in [-0.2, 0) is 4.79 Å². The number of carbonyl (C=O) groups is 1. The number of halogens is 1. The minimum absolute atomic E-state index is 0.0330. The molecular formula is C4H8BrNO2. The van der Waals surface area contributed by atoms with Gasteiger partial charge in [-0.25, -0.2) is 0 Å². The molecule has 8 heavy (non-hydrogen) atoms. The van der Waals surface area contributed by atoms with Crippen LogP contribution in [0.1, 0.15) is 6.42 Å². The normalized spacial score (nSPS) is 13.2. The molecule has 3 N–H and O–H groups in total. The molecule has 0 heterocycles. The monoisotopic (exact) mass is 181 g/mol. The van der Waals surface area contributed by atoms with E-state index in [4.69, 9.17) is 10.8 Å². The third-order valence-electron chi connectivity index (χ3n) is 0.615. The molecule has 0 saturated heterocycles. The molecule has 0 rings (SSSR count). The van der Waals surface area contributed by atoms with E-state index in [-0.39, 0.29) is 6.42 Å². The summed E-state index contributed by atoms with van der Waals surface area (Å²) in [5, 5.41) is 9.08. The minimum atomic E-state index is -0.632. The maximum absolute atomic E-state index is 10.0. The molecule has 0 aliphatic heterocycles. The number of amides is 1. The molecule has 0 aromatic rings. The number of aliphatic hydroxyl groups excluding tert-OH is 1. The van der Waals surface area contributed by atoms with E-state index < -0.39 is 12.0 Å². The van der Waals surface area contributed by atoms with Crippen molar-refractivity contribution in [3.05, 3.63) is 0 Å². The molecule has 0 bridgehead atoms. The van der Waals surface area contributed by atoms with Gasteiger partial charge in [0.1, 0.15) is 0 Å². The Labute approximate surface area is 56.0 Å². The van der Waals surface area contributed by atoms with E-state index in [2.05, 4.69) is 15.9 Å². The smallest absolute Gasteiger partial charge is 0.220 e. The van der Waals surface area contributed by atoms with Crippen molar-refractivity contribution >= 4 is 21.8 Å². The van der Waals surface area contributed by atoms with Gasteiger partial charge in [0.15, 0.2) is 0 Å². The van der Waals surface area contributed by atoms with Crippen molar-refractivity contribution in [1.82, 2.24) is 0 Å². The predicted molar refractivity (Wildman–Crippen MR) is 33.6 cm³/mol. The summed E-state index contributed by atoms with van der Waals surface area (Å²) in [6.07, 6.45) is -0.599. The molecule has 0 aromatic heterocycles. The fourth-order valence-corrected chi connectivity index (χ4v) is 0.516. The van der Waals surface area contributed by atoms with Crippen LogP contribution < -0.4 is 5.73 Å². The summed E-state index contributed by atoms with van der Waals surface area (Å²) < 4.78 is 0. The van der Waals surface area contributed by atoms with E-state index in [0.29, 0.717) is 5.33 Å².